The molecule has 0 saturated heterocycles. The Morgan fingerprint density at radius 3 is 2.17 bits per heavy atom. The van der Waals surface area contributed by atoms with E-state index < -0.39 is 0 Å². The molecular weight excluding hydrogens is 152 g/mol. The van der Waals surface area contributed by atoms with Crippen LogP contribution in [-0.2, 0) is 9.53 Å². The van der Waals surface area contributed by atoms with Gasteiger partial charge in [-0.15, -0.1) is 0 Å². The average molecular weight is 170 g/mol. The van der Waals surface area contributed by atoms with E-state index in [0.717, 1.165) is 0 Å². The standard InChI is InChI=1S/C10H18O2/c1-9(2,3)12-8-6-7(11)10(8,4)5/h8H,6H2,1-5H3. The number of hydrogen-bond acceptors (Lipinski definition) is 2. The third-order valence-corrected chi connectivity index (χ3v) is 2.39. The van der Waals surface area contributed by atoms with Gasteiger partial charge in [0.2, 0.25) is 0 Å². The van der Waals surface area contributed by atoms with Gasteiger partial charge in [-0.3, -0.25) is 4.79 Å². The van der Waals surface area contributed by atoms with Gasteiger partial charge >= 0.3 is 0 Å². The van der Waals surface area contributed by atoms with Gasteiger partial charge in [-0.1, -0.05) is 13.8 Å². The van der Waals surface area contributed by atoms with Crippen LogP contribution in [0.4, 0.5) is 0 Å². The van der Waals surface area contributed by atoms with Gasteiger partial charge in [-0.25, -0.2) is 0 Å². The molecule has 1 saturated carbocycles. The van der Waals surface area contributed by atoms with Crippen molar-refractivity contribution in [3.05, 3.63) is 0 Å². The maximum absolute atomic E-state index is 11.2. The Hall–Kier alpha value is -0.370. The number of Topliss-reactive ketones (excluding diaryl/α,β-unsaturated/α-hetero) is 1. The van der Waals surface area contributed by atoms with Gasteiger partial charge in [0.15, 0.2) is 0 Å². The monoisotopic (exact) mass is 170 g/mol. The second kappa shape index (κ2) is 2.56. The molecule has 0 radical (unpaired) electrons. The molecular formula is C10H18O2. The minimum atomic E-state index is -0.257. The number of carbonyl (C=O) groups excluding carboxylic acids is 1. The summed E-state index contributed by atoms with van der Waals surface area (Å²) in [5, 5.41) is 0. The Morgan fingerprint density at radius 1 is 1.42 bits per heavy atom. The molecule has 0 spiro atoms. The van der Waals surface area contributed by atoms with Gasteiger partial charge in [0.05, 0.1) is 17.1 Å². The highest BCUT2D eigenvalue weighted by molar-refractivity contribution is 5.91. The summed E-state index contributed by atoms with van der Waals surface area (Å²) in [6.07, 6.45) is 0.703. The second-order valence-electron chi connectivity index (χ2n) is 5.07. The van der Waals surface area contributed by atoms with Crippen molar-refractivity contribution in [2.45, 2.75) is 52.7 Å². The predicted octanol–water partition coefficient (Wildman–Crippen LogP) is 2.17. The molecule has 1 rings (SSSR count). The highest BCUT2D eigenvalue weighted by Crippen LogP contribution is 2.40. The number of ketones is 1. The first-order valence-corrected chi connectivity index (χ1v) is 4.44. The van der Waals surface area contributed by atoms with E-state index in [2.05, 4.69) is 0 Å². The third-order valence-electron chi connectivity index (χ3n) is 2.39. The molecule has 1 aliphatic carbocycles. The zero-order valence-corrected chi connectivity index (χ0v) is 8.60. The molecule has 0 bridgehead atoms. The van der Waals surface area contributed by atoms with Gasteiger partial charge < -0.3 is 4.74 Å². The number of ether oxygens (including phenoxy) is 1. The predicted molar refractivity (Wildman–Crippen MR) is 48.0 cm³/mol. The van der Waals surface area contributed by atoms with Crippen LogP contribution in [0.25, 0.3) is 0 Å². The van der Waals surface area contributed by atoms with Crippen LogP contribution in [0.2, 0.25) is 0 Å². The molecule has 0 aromatic heterocycles. The summed E-state index contributed by atoms with van der Waals surface area (Å²) in [4.78, 5) is 11.2. The SMILES string of the molecule is CC(C)(C)OC1CC(=O)C1(C)C. The highest BCUT2D eigenvalue weighted by Gasteiger charge is 2.49. The van der Waals surface area contributed by atoms with Crippen molar-refractivity contribution in [2.75, 3.05) is 0 Å². The van der Waals surface area contributed by atoms with Gasteiger partial charge in [0.25, 0.3) is 0 Å². The lowest BCUT2D eigenvalue weighted by atomic mass is 9.67. The Morgan fingerprint density at radius 2 is 1.92 bits per heavy atom. The van der Waals surface area contributed by atoms with Crippen LogP contribution in [0.1, 0.15) is 41.0 Å². The van der Waals surface area contributed by atoms with Crippen molar-refractivity contribution in [3.8, 4) is 0 Å². The van der Waals surface area contributed by atoms with Gasteiger partial charge in [0, 0.05) is 6.42 Å². The van der Waals surface area contributed by atoms with Gasteiger partial charge in [-0.2, -0.15) is 0 Å². The second-order valence-corrected chi connectivity index (χ2v) is 5.07. The lowest BCUT2D eigenvalue weighted by Gasteiger charge is -2.45. The molecule has 0 aromatic rings. The topological polar surface area (TPSA) is 26.3 Å². The van der Waals surface area contributed by atoms with Crippen molar-refractivity contribution in [2.24, 2.45) is 5.41 Å². The molecule has 0 amide bonds. The zero-order chi connectivity index (χ0) is 9.57. The lowest BCUT2D eigenvalue weighted by Crippen LogP contribution is -2.53. The van der Waals surface area contributed by atoms with E-state index in [1.54, 1.807) is 0 Å². The first kappa shape index (κ1) is 9.72. The van der Waals surface area contributed by atoms with Crippen molar-refractivity contribution in [1.82, 2.24) is 0 Å². The van der Waals surface area contributed by atoms with E-state index in [9.17, 15) is 4.79 Å². The molecule has 1 atom stereocenters. The highest BCUT2D eigenvalue weighted by atomic mass is 16.5. The fourth-order valence-electron chi connectivity index (χ4n) is 1.35. The fraction of sp³-hybridized carbons (Fsp3) is 0.900. The zero-order valence-electron chi connectivity index (χ0n) is 8.60. The molecule has 0 N–H and O–H groups in total. The fourth-order valence-corrected chi connectivity index (χ4v) is 1.35. The number of rotatable bonds is 1. The maximum Gasteiger partial charge on any atom is 0.143 e. The van der Waals surface area contributed by atoms with E-state index in [1.807, 2.05) is 34.6 Å². The molecule has 1 fully saturated rings. The summed E-state index contributed by atoms with van der Waals surface area (Å²) in [7, 11) is 0. The van der Waals surface area contributed by atoms with Crippen molar-refractivity contribution >= 4 is 5.78 Å². The van der Waals surface area contributed by atoms with Crippen LogP contribution in [-0.4, -0.2) is 17.5 Å². The minimum Gasteiger partial charge on any atom is -0.371 e. The number of carbonyl (C=O) groups is 1. The molecule has 2 nitrogen and oxygen atoms in total. The molecule has 1 aliphatic rings. The molecule has 12 heavy (non-hydrogen) atoms. The average Bonchev–Trinajstić information content (AvgIpc) is 1.84. The minimum absolute atomic E-state index is 0.116. The molecule has 0 aromatic carbocycles. The summed E-state index contributed by atoms with van der Waals surface area (Å²) in [5.41, 5.74) is -0.393. The molecule has 70 valence electrons. The summed E-state index contributed by atoms with van der Waals surface area (Å²) >= 11 is 0. The first-order chi connectivity index (χ1) is 5.23. The van der Waals surface area contributed by atoms with Crippen molar-refractivity contribution < 1.29 is 9.53 Å². The van der Waals surface area contributed by atoms with E-state index >= 15 is 0 Å². The Bertz CT molecular complexity index is 198. The van der Waals surface area contributed by atoms with Crippen LogP contribution in [0, 0.1) is 5.41 Å². The lowest BCUT2D eigenvalue weighted by molar-refractivity contribution is -0.175. The molecule has 1 unspecified atom stereocenters. The van der Waals surface area contributed by atoms with E-state index in [0.29, 0.717) is 12.2 Å². The van der Waals surface area contributed by atoms with Crippen molar-refractivity contribution in [3.63, 3.8) is 0 Å². The first-order valence-electron chi connectivity index (χ1n) is 4.44. The Balaban J connectivity index is 2.54. The smallest absolute Gasteiger partial charge is 0.143 e. The van der Waals surface area contributed by atoms with Gasteiger partial charge in [0.1, 0.15) is 5.78 Å². The largest absolute Gasteiger partial charge is 0.371 e. The Labute approximate surface area is 74.3 Å². The van der Waals surface area contributed by atoms with E-state index in [1.165, 1.54) is 0 Å². The Kier molecular flexibility index (Phi) is 2.07. The van der Waals surface area contributed by atoms with Crippen LogP contribution >= 0.6 is 0 Å². The summed E-state index contributed by atoms with van der Waals surface area (Å²) in [5.74, 6) is 0.316. The van der Waals surface area contributed by atoms with Gasteiger partial charge in [-0.05, 0) is 20.8 Å². The van der Waals surface area contributed by atoms with Crippen LogP contribution in [0.5, 0.6) is 0 Å². The maximum atomic E-state index is 11.2. The summed E-state index contributed by atoms with van der Waals surface area (Å²) < 4.78 is 5.74. The van der Waals surface area contributed by atoms with Crippen LogP contribution < -0.4 is 0 Å². The molecule has 0 heterocycles. The normalized spacial score (nSPS) is 28.4. The summed E-state index contributed by atoms with van der Waals surface area (Å²) in [6, 6.07) is 0. The van der Waals surface area contributed by atoms with E-state index in [4.69, 9.17) is 4.74 Å². The van der Waals surface area contributed by atoms with Crippen LogP contribution in [0.3, 0.4) is 0 Å². The number of hydrogen-bond donors (Lipinski definition) is 0. The molecule has 0 aliphatic heterocycles. The third kappa shape index (κ3) is 1.69. The summed E-state index contributed by atoms with van der Waals surface area (Å²) in [6.45, 7) is 9.97. The molecule has 2 heteroatoms. The van der Waals surface area contributed by atoms with E-state index in [-0.39, 0.29) is 17.1 Å². The van der Waals surface area contributed by atoms with Crippen LogP contribution in [0.15, 0.2) is 0 Å². The quantitative estimate of drug-likeness (QED) is 0.603. The van der Waals surface area contributed by atoms with Crippen molar-refractivity contribution in [1.29, 1.82) is 0 Å².